The van der Waals surface area contributed by atoms with E-state index in [0.717, 1.165) is 11.0 Å². The van der Waals surface area contributed by atoms with Crippen LogP contribution in [-0.2, 0) is 0 Å². The molecule has 0 spiro atoms. The van der Waals surface area contributed by atoms with E-state index in [1.807, 2.05) is 30.3 Å². The van der Waals surface area contributed by atoms with E-state index in [2.05, 4.69) is 0 Å². The molecule has 18 heavy (non-hydrogen) atoms. The topological polar surface area (TPSA) is 9.23 Å². The van der Waals surface area contributed by atoms with Gasteiger partial charge in [0.1, 0.15) is 0 Å². The molecule has 2 rings (SSSR count). The van der Waals surface area contributed by atoms with Crippen molar-refractivity contribution in [2.24, 2.45) is 0 Å². The maximum Gasteiger partial charge on any atom is 0.200 e. The van der Waals surface area contributed by atoms with Crippen LogP contribution in [0.3, 0.4) is 0 Å². The summed E-state index contributed by atoms with van der Waals surface area (Å²) >= 11 is 1.61. The molecule has 0 bridgehead atoms. The van der Waals surface area contributed by atoms with Gasteiger partial charge in [0.2, 0.25) is 5.82 Å². The Balaban J connectivity index is 1.81. The summed E-state index contributed by atoms with van der Waals surface area (Å²) in [5.74, 6) is -1.17. The zero-order valence-electron chi connectivity index (χ0n) is 9.61. The van der Waals surface area contributed by atoms with Gasteiger partial charge in [-0.1, -0.05) is 24.3 Å². The fourth-order valence-corrected chi connectivity index (χ4v) is 2.18. The van der Waals surface area contributed by atoms with Gasteiger partial charge in [0.25, 0.3) is 0 Å². The molecule has 1 nitrogen and oxygen atoms in total. The van der Waals surface area contributed by atoms with Crippen molar-refractivity contribution >= 4 is 11.8 Å². The highest BCUT2D eigenvalue weighted by atomic mass is 32.2. The third kappa shape index (κ3) is 3.47. The first-order valence-electron chi connectivity index (χ1n) is 5.52. The van der Waals surface area contributed by atoms with Gasteiger partial charge in [-0.3, -0.25) is 0 Å². The van der Waals surface area contributed by atoms with E-state index in [4.69, 9.17) is 4.74 Å². The summed E-state index contributed by atoms with van der Waals surface area (Å²) in [4.78, 5) is 1.13. The summed E-state index contributed by atoms with van der Waals surface area (Å²) in [6, 6.07) is 13.8. The molecule has 0 aliphatic rings. The number of hydrogen-bond donors (Lipinski definition) is 0. The smallest absolute Gasteiger partial charge is 0.200 e. The summed E-state index contributed by atoms with van der Waals surface area (Å²) in [7, 11) is 0. The average molecular weight is 266 g/mol. The predicted octanol–water partition coefficient (Wildman–Crippen LogP) is 4.14. The molecule has 0 atom stereocenters. The first-order chi connectivity index (χ1) is 8.77. The van der Waals surface area contributed by atoms with Crippen molar-refractivity contribution in [3.63, 3.8) is 0 Å². The van der Waals surface area contributed by atoms with Gasteiger partial charge < -0.3 is 4.74 Å². The molecule has 0 aliphatic heterocycles. The minimum absolute atomic E-state index is 0.0383. The first-order valence-corrected chi connectivity index (χ1v) is 6.50. The highest BCUT2D eigenvalue weighted by Gasteiger charge is 2.07. The molecule has 0 amide bonds. The van der Waals surface area contributed by atoms with E-state index in [0.29, 0.717) is 12.4 Å². The lowest BCUT2D eigenvalue weighted by Crippen LogP contribution is -2.02. The van der Waals surface area contributed by atoms with Gasteiger partial charge >= 0.3 is 0 Å². The largest absolute Gasteiger partial charge is 0.490 e. The van der Waals surface area contributed by atoms with Crippen molar-refractivity contribution in [1.82, 2.24) is 0 Å². The Morgan fingerprint density at radius 1 is 0.944 bits per heavy atom. The van der Waals surface area contributed by atoms with Crippen LogP contribution in [0.1, 0.15) is 0 Å². The lowest BCUT2D eigenvalue weighted by Gasteiger charge is -2.07. The van der Waals surface area contributed by atoms with Crippen LogP contribution in [0.25, 0.3) is 0 Å². The number of thioether (sulfide) groups is 1. The number of benzene rings is 2. The molecular formula is C14H12F2OS. The fourth-order valence-electron chi connectivity index (χ4n) is 1.42. The van der Waals surface area contributed by atoms with Crippen LogP contribution < -0.4 is 4.74 Å². The normalized spacial score (nSPS) is 10.3. The average Bonchev–Trinajstić information content (AvgIpc) is 2.40. The fraction of sp³-hybridized carbons (Fsp3) is 0.143. The Hall–Kier alpha value is -1.55. The monoisotopic (exact) mass is 266 g/mol. The molecule has 0 radical (unpaired) electrons. The molecule has 0 aromatic heterocycles. The van der Waals surface area contributed by atoms with Gasteiger partial charge in [-0.15, -0.1) is 11.8 Å². The molecule has 2 aromatic carbocycles. The zero-order chi connectivity index (χ0) is 12.8. The van der Waals surface area contributed by atoms with Crippen LogP contribution in [0, 0.1) is 11.6 Å². The van der Waals surface area contributed by atoms with Crippen molar-refractivity contribution in [2.45, 2.75) is 4.90 Å². The maximum absolute atomic E-state index is 13.2. The van der Waals surface area contributed by atoms with E-state index in [-0.39, 0.29) is 5.75 Å². The molecule has 0 aliphatic carbocycles. The first kappa shape index (κ1) is 12.9. The third-order valence-corrected chi connectivity index (χ3v) is 3.25. The standard InChI is InChI=1S/C14H12F2OS/c15-12-7-4-8-13(14(12)16)17-9-10-18-11-5-2-1-3-6-11/h1-8H,9-10H2. The van der Waals surface area contributed by atoms with Crippen molar-refractivity contribution in [3.05, 3.63) is 60.2 Å². The van der Waals surface area contributed by atoms with E-state index in [1.54, 1.807) is 11.8 Å². The summed E-state index contributed by atoms with van der Waals surface area (Å²) in [5, 5.41) is 0. The van der Waals surface area contributed by atoms with Gasteiger partial charge in [-0.25, -0.2) is 4.39 Å². The molecule has 94 valence electrons. The van der Waals surface area contributed by atoms with Gasteiger partial charge in [0.05, 0.1) is 6.61 Å². The van der Waals surface area contributed by atoms with Crippen LogP contribution in [0.2, 0.25) is 0 Å². The number of hydrogen-bond acceptors (Lipinski definition) is 2. The second kappa shape index (κ2) is 6.40. The van der Waals surface area contributed by atoms with E-state index in [9.17, 15) is 8.78 Å². The highest BCUT2D eigenvalue weighted by molar-refractivity contribution is 7.99. The molecule has 0 saturated heterocycles. The molecule has 0 heterocycles. The number of halogens is 2. The summed E-state index contributed by atoms with van der Waals surface area (Å²) in [5.41, 5.74) is 0. The van der Waals surface area contributed by atoms with Gasteiger partial charge in [-0.05, 0) is 24.3 Å². The van der Waals surface area contributed by atoms with Crippen LogP contribution >= 0.6 is 11.8 Å². The van der Waals surface area contributed by atoms with Gasteiger partial charge in [0.15, 0.2) is 11.6 Å². The minimum atomic E-state index is -0.929. The van der Waals surface area contributed by atoms with E-state index < -0.39 is 11.6 Å². The van der Waals surface area contributed by atoms with Crippen molar-refractivity contribution in [2.75, 3.05) is 12.4 Å². The minimum Gasteiger partial charge on any atom is -0.490 e. The Bertz CT molecular complexity index is 502. The summed E-state index contributed by atoms with van der Waals surface area (Å²) in [6.07, 6.45) is 0. The molecule has 0 unspecified atom stereocenters. The molecule has 0 saturated carbocycles. The quantitative estimate of drug-likeness (QED) is 0.594. The van der Waals surface area contributed by atoms with E-state index >= 15 is 0 Å². The second-order valence-corrected chi connectivity index (χ2v) is 4.73. The van der Waals surface area contributed by atoms with Crippen LogP contribution in [0.15, 0.2) is 53.4 Å². The van der Waals surface area contributed by atoms with Crippen molar-refractivity contribution < 1.29 is 13.5 Å². The SMILES string of the molecule is Fc1cccc(OCCSc2ccccc2)c1F. The third-order valence-electron chi connectivity index (χ3n) is 2.27. The lowest BCUT2D eigenvalue weighted by molar-refractivity contribution is 0.317. The lowest BCUT2D eigenvalue weighted by atomic mass is 10.3. The molecule has 2 aromatic rings. The zero-order valence-corrected chi connectivity index (χ0v) is 10.4. The van der Waals surface area contributed by atoms with Crippen LogP contribution in [-0.4, -0.2) is 12.4 Å². The summed E-state index contributed by atoms with van der Waals surface area (Å²) in [6.45, 7) is 0.333. The Kier molecular flexibility index (Phi) is 4.59. The molecular weight excluding hydrogens is 254 g/mol. The van der Waals surface area contributed by atoms with Gasteiger partial charge in [-0.2, -0.15) is 4.39 Å². The van der Waals surface area contributed by atoms with Crippen LogP contribution in [0.5, 0.6) is 5.75 Å². The molecule has 0 fully saturated rings. The predicted molar refractivity (Wildman–Crippen MR) is 69.0 cm³/mol. The van der Waals surface area contributed by atoms with Crippen molar-refractivity contribution in [3.8, 4) is 5.75 Å². The molecule has 0 N–H and O–H groups in total. The maximum atomic E-state index is 13.2. The van der Waals surface area contributed by atoms with Crippen LogP contribution in [0.4, 0.5) is 8.78 Å². The van der Waals surface area contributed by atoms with Gasteiger partial charge in [0, 0.05) is 10.6 Å². The second-order valence-electron chi connectivity index (χ2n) is 3.56. The Morgan fingerprint density at radius 2 is 1.72 bits per heavy atom. The van der Waals surface area contributed by atoms with Crippen molar-refractivity contribution in [1.29, 1.82) is 0 Å². The molecule has 4 heteroatoms. The van der Waals surface area contributed by atoms with E-state index in [1.165, 1.54) is 12.1 Å². The summed E-state index contributed by atoms with van der Waals surface area (Å²) < 4.78 is 31.3. The Morgan fingerprint density at radius 3 is 2.50 bits per heavy atom. The highest BCUT2D eigenvalue weighted by Crippen LogP contribution is 2.20. The Labute approximate surface area is 109 Å². The number of ether oxygens (including phenoxy) is 1. The number of rotatable bonds is 5.